The quantitative estimate of drug-likeness (QED) is 0.506. The van der Waals surface area contributed by atoms with E-state index in [1.54, 1.807) is 6.07 Å². The Kier molecular flexibility index (Phi) is 5.95. The second-order valence-electron chi connectivity index (χ2n) is 6.65. The molecule has 9 heteroatoms. The summed E-state index contributed by atoms with van der Waals surface area (Å²) in [5.74, 6) is 0.204. The van der Waals surface area contributed by atoms with E-state index in [-0.39, 0.29) is 5.92 Å². The summed E-state index contributed by atoms with van der Waals surface area (Å²) in [5, 5.41) is 10.9. The van der Waals surface area contributed by atoms with Gasteiger partial charge in [-0.15, -0.1) is 0 Å². The average molecular weight is 417 g/mol. The molecule has 0 bridgehead atoms. The van der Waals surface area contributed by atoms with Crippen LogP contribution in [0.5, 0.6) is 0 Å². The van der Waals surface area contributed by atoms with Crippen LogP contribution in [0.1, 0.15) is 42.1 Å². The van der Waals surface area contributed by atoms with Crippen LogP contribution in [0, 0.1) is 6.92 Å². The largest absolute Gasteiger partial charge is 0.435 e. The highest BCUT2D eigenvalue weighted by Gasteiger charge is 2.37. The fraction of sp³-hybridized carbons (Fsp3) is 0.444. The number of benzene rings is 1. The van der Waals surface area contributed by atoms with Crippen molar-refractivity contribution in [2.75, 3.05) is 11.9 Å². The minimum absolute atomic E-state index is 0.204. The molecule has 2 N–H and O–H groups in total. The topological polar surface area (TPSA) is 41.9 Å². The number of aromatic nitrogens is 2. The van der Waals surface area contributed by atoms with Gasteiger partial charge >= 0.3 is 6.18 Å². The second kappa shape index (κ2) is 8.06. The molecular formula is C18H20ClF3N4S. The molecule has 4 nitrogen and oxygen atoms in total. The van der Waals surface area contributed by atoms with Gasteiger partial charge in [0.2, 0.25) is 0 Å². The maximum absolute atomic E-state index is 12.9. The molecular weight excluding hydrogens is 397 g/mol. The standard InChI is InChI=1S/C18H20ClF3N4S/c1-11-3-6-13(9-14(11)19)24-17(27)23-7-2-8-26-15(12-4-5-12)10-16(25-26)18(20,21)22/h3,6,9-10,12H,2,4-5,7-8H2,1H3,(H2,23,24,27). The maximum Gasteiger partial charge on any atom is 0.435 e. The van der Waals surface area contributed by atoms with Gasteiger partial charge < -0.3 is 10.6 Å². The van der Waals surface area contributed by atoms with Gasteiger partial charge in [0, 0.05) is 35.4 Å². The third-order valence-electron chi connectivity index (χ3n) is 4.36. The Morgan fingerprint density at radius 1 is 1.33 bits per heavy atom. The number of halogens is 4. The molecule has 1 aromatic carbocycles. The lowest BCUT2D eigenvalue weighted by Crippen LogP contribution is -2.30. The Morgan fingerprint density at radius 2 is 2.07 bits per heavy atom. The number of nitrogens with one attached hydrogen (secondary N) is 2. The molecule has 27 heavy (non-hydrogen) atoms. The molecule has 1 aromatic heterocycles. The molecule has 2 aromatic rings. The summed E-state index contributed by atoms with van der Waals surface area (Å²) in [7, 11) is 0. The Balaban J connectivity index is 1.49. The molecule has 0 unspecified atom stereocenters. The third kappa shape index (κ3) is 5.35. The summed E-state index contributed by atoms with van der Waals surface area (Å²) in [4.78, 5) is 0. The smallest absolute Gasteiger partial charge is 0.362 e. The highest BCUT2D eigenvalue weighted by Crippen LogP contribution is 2.42. The van der Waals surface area contributed by atoms with Crippen molar-refractivity contribution in [3.05, 3.63) is 46.2 Å². The first-order valence-electron chi connectivity index (χ1n) is 8.70. The minimum Gasteiger partial charge on any atom is -0.362 e. The molecule has 0 radical (unpaired) electrons. The van der Waals surface area contributed by atoms with Crippen molar-refractivity contribution in [2.45, 2.75) is 44.8 Å². The number of alkyl halides is 3. The van der Waals surface area contributed by atoms with E-state index in [1.807, 2.05) is 19.1 Å². The van der Waals surface area contributed by atoms with Crippen LogP contribution in [0.4, 0.5) is 18.9 Å². The molecule has 0 aliphatic heterocycles. The number of hydrogen-bond acceptors (Lipinski definition) is 2. The Hall–Kier alpha value is -1.80. The first kappa shape index (κ1) is 19.9. The van der Waals surface area contributed by atoms with Gasteiger partial charge in [0.05, 0.1) is 0 Å². The van der Waals surface area contributed by atoms with Crippen LogP contribution in [0.15, 0.2) is 24.3 Å². The summed E-state index contributed by atoms with van der Waals surface area (Å²) >= 11 is 11.3. The van der Waals surface area contributed by atoms with Crippen molar-refractivity contribution in [3.63, 3.8) is 0 Å². The predicted octanol–water partition coefficient (Wildman–Crippen LogP) is 5.12. The first-order valence-corrected chi connectivity index (χ1v) is 9.48. The van der Waals surface area contributed by atoms with Gasteiger partial charge in [-0.25, -0.2) is 0 Å². The number of nitrogens with zero attached hydrogens (tertiary/aromatic N) is 2. The number of hydrogen-bond donors (Lipinski definition) is 2. The molecule has 1 aliphatic carbocycles. The van der Waals surface area contributed by atoms with Crippen LogP contribution in [-0.2, 0) is 12.7 Å². The molecule has 1 fully saturated rings. The van der Waals surface area contributed by atoms with Crippen LogP contribution < -0.4 is 10.6 Å². The molecule has 0 saturated heterocycles. The lowest BCUT2D eigenvalue weighted by atomic mass is 10.2. The van der Waals surface area contributed by atoms with E-state index >= 15 is 0 Å². The Labute approximate surface area is 166 Å². The summed E-state index contributed by atoms with van der Waals surface area (Å²) in [6.07, 6.45) is -1.95. The molecule has 0 spiro atoms. The van der Waals surface area contributed by atoms with Crippen molar-refractivity contribution in [3.8, 4) is 0 Å². The molecule has 146 valence electrons. The summed E-state index contributed by atoms with van der Waals surface area (Å²) in [6, 6.07) is 6.73. The maximum atomic E-state index is 12.9. The van der Waals surface area contributed by atoms with Crippen molar-refractivity contribution < 1.29 is 13.2 Å². The van der Waals surface area contributed by atoms with Gasteiger partial charge in [-0.05, 0) is 62.2 Å². The Bertz CT molecular complexity index is 830. The van der Waals surface area contributed by atoms with E-state index < -0.39 is 11.9 Å². The van der Waals surface area contributed by atoms with Crippen LogP contribution in [0.25, 0.3) is 0 Å². The van der Waals surface area contributed by atoms with Gasteiger partial charge in [-0.2, -0.15) is 18.3 Å². The summed E-state index contributed by atoms with van der Waals surface area (Å²) in [6.45, 7) is 2.85. The zero-order valence-corrected chi connectivity index (χ0v) is 16.3. The summed E-state index contributed by atoms with van der Waals surface area (Å²) in [5.41, 5.74) is 1.62. The number of thiocarbonyl (C=S) groups is 1. The van der Waals surface area contributed by atoms with Gasteiger partial charge in [-0.1, -0.05) is 17.7 Å². The van der Waals surface area contributed by atoms with E-state index in [9.17, 15) is 13.2 Å². The van der Waals surface area contributed by atoms with Crippen molar-refractivity contribution in [1.82, 2.24) is 15.1 Å². The van der Waals surface area contributed by atoms with Crippen molar-refractivity contribution >= 4 is 34.6 Å². The lowest BCUT2D eigenvalue weighted by molar-refractivity contribution is -0.141. The number of anilines is 1. The van der Waals surface area contributed by atoms with Gasteiger partial charge in [0.15, 0.2) is 10.8 Å². The molecule has 0 atom stereocenters. The van der Waals surface area contributed by atoms with Crippen LogP contribution in [-0.4, -0.2) is 21.4 Å². The van der Waals surface area contributed by atoms with Gasteiger partial charge in [0.1, 0.15) is 0 Å². The fourth-order valence-electron chi connectivity index (χ4n) is 2.73. The van der Waals surface area contributed by atoms with Crippen LogP contribution in [0.3, 0.4) is 0 Å². The molecule has 1 aliphatic rings. The predicted molar refractivity (Wildman–Crippen MR) is 104 cm³/mol. The van der Waals surface area contributed by atoms with Crippen molar-refractivity contribution in [2.24, 2.45) is 0 Å². The number of rotatable bonds is 6. The zero-order chi connectivity index (χ0) is 19.6. The van der Waals surface area contributed by atoms with E-state index in [0.717, 1.165) is 24.1 Å². The van der Waals surface area contributed by atoms with Crippen LogP contribution >= 0.6 is 23.8 Å². The SMILES string of the molecule is Cc1ccc(NC(=S)NCCCn2nc(C(F)(F)F)cc2C2CC2)cc1Cl. The van der Waals surface area contributed by atoms with Crippen molar-refractivity contribution in [1.29, 1.82) is 0 Å². The molecule has 3 rings (SSSR count). The highest BCUT2D eigenvalue weighted by atomic mass is 35.5. The van der Waals surface area contributed by atoms with Crippen LogP contribution in [0.2, 0.25) is 5.02 Å². The first-order chi connectivity index (χ1) is 12.7. The second-order valence-corrected chi connectivity index (χ2v) is 7.46. The van der Waals surface area contributed by atoms with E-state index in [1.165, 1.54) is 10.7 Å². The highest BCUT2D eigenvalue weighted by molar-refractivity contribution is 7.80. The minimum atomic E-state index is -4.41. The zero-order valence-electron chi connectivity index (χ0n) is 14.7. The Morgan fingerprint density at radius 3 is 2.70 bits per heavy atom. The number of aryl methyl sites for hydroxylation is 2. The molecule has 1 saturated carbocycles. The van der Waals surface area contributed by atoms with E-state index in [4.69, 9.17) is 23.8 Å². The van der Waals surface area contributed by atoms with E-state index in [2.05, 4.69) is 15.7 Å². The monoisotopic (exact) mass is 416 g/mol. The van der Waals surface area contributed by atoms with E-state index in [0.29, 0.717) is 35.3 Å². The average Bonchev–Trinajstić information content (AvgIpc) is 3.33. The lowest BCUT2D eigenvalue weighted by Gasteiger charge is -2.12. The van der Waals surface area contributed by atoms with Gasteiger partial charge in [-0.3, -0.25) is 4.68 Å². The fourth-order valence-corrected chi connectivity index (χ4v) is 3.13. The normalized spacial score (nSPS) is 14.3. The third-order valence-corrected chi connectivity index (χ3v) is 5.01. The summed E-state index contributed by atoms with van der Waals surface area (Å²) < 4.78 is 40.2. The molecule has 1 heterocycles. The molecule has 0 amide bonds. The van der Waals surface area contributed by atoms with Gasteiger partial charge in [0.25, 0.3) is 0 Å².